The van der Waals surface area contributed by atoms with Crippen LogP contribution < -0.4 is 4.74 Å². The summed E-state index contributed by atoms with van der Waals surface area (Å²) in [5.74, 6) is 0.787. The van der Waals surface area contributed by atoms with E-state index in [0.717, 1.165) is 5.75 Å². The van der Waals surface area contributed by atoms with Gasteiger partial charge in [-0.2, -0.15) is 0 Å². The van der Waals surface area contributed by atoms with Gasteiger partial charge in [0.2, 0.25) is 0 Å². The molecule has 0 heterocycles. The van der Waals surface area contributed by atoms with Crippen molar-refractivity contribution in [2.75, 3.05) is 13.2 Å². The lowest BCUT2D eigenvalue weighted by Crippen LogP contribution is -2.01. The Morgan fingerprint density at radius 3 is 1.94 bits per heavy atom. The van der Waals surface area contributed by atoms with Gasteiger partial charge in [0, 0.05) is 0 Å². The summed E-state index contributed by atoms with van der Waals surface area (Å²) < 4.78 is 5.32. The Labute approximate surface area is 101 Å². The fraction of sp³-hybridized carbons (Fsp3) is 0.200. The van der Waals surface area contributed by atoms with Crippen LogP contribution in [0.15, 0.2) is 48.5 Å². The first kappa shape index (κ1) is 11.7. The average Bonchev–Trinajstić information content (AvgIpc) is 2.38. The molecule has 88 valence electrons. The van der Waals surface area contributed by atoms with E-state index in [2.05, 4.69) is 31.2 Å². The zero-order valence-corrected chi connectivity index (χ0v) is 9.89. The lowest BCUT2D eigenvalue weighted by atomic mass is 10.0. The Morgan fingerprint density at radius 1 is 0.882 bits per heavy atom. The summed E-state index contributed by atoms with van der Waals surface area (Å²) >= 11 is 0. The Balaban J connectivity index is 2.14. The van der Waals surface area contributed by atoms with Crippen LogP contribution >= 0.6 is 0 Å². The second-order valence-corrected chi connectivity index (χ2v) is 3.96. The molecular weight excluding hydrogens is 212 g/mol. The van der Waals surface area contributed by atoms with Gasteiger partial charge in [0.1, 0.15) is 12.4 Å². The van der Waals surface area contributed by atoms with E-state index in [4.69, 9.17) is 9.84 Å². The lowest BCUT2D eigenvalue weighted by molar-refractivity contribution is 0.201. The van der Waals surface area contributed by atoms with Gasteiger partial charge in [-0.3, -0.25) is 0 Å². The molecule has 0 amide bonds. The van der Waals surface area contributed by atoms with E-state index in [-0.39, 0.29) is 6.61 Å². The number of hydrogen-bond donors (Lipinski definition) is 1. The maximum absolute atomic E-state index is 8.66. The van der Waals surface area contributed by atoms with Crippen LogP contribution in [0.3, 0.4) is 0 Å². The second kappa shape index (κ2) is 5.51. The molecule has 0 aliphatic carbocycles. The molecule has 0 spiro atoms. The van der Waals surface area contributed by atoms with Crippen LogP contribution in [0.5, 0.6) is 5.75 Å². The molecule has 0 fully saturated rings. The van der Waals surface area contributed by atoms with E-state index in [1.54, 1.807) is 0 Å². The van der Waals surface area contributed by atoms with E-state index in [1.165, 1.54) is 16.7 Å². The molecule has 0 atom stereocenters. The first-order valence-electron chi connectivity index (χ1n) is 5.70. The minimum atomic E-state index is 0.0414. The minimum Gasteiger partial charge on any atom is -0.491 e. The summed E-state index contributed by atoms with van der Waals surface area (Å²) in [6, 6.07) is 16.3. The van der Waals surface area contributed by atoms with Gasteiger partial charge in [0.05, 0.1) is 6.61 Å². The summed E-state index contributed by atoms with van der Waals surface area (Å²) in [6.07, 6.45) is 0. The van der Waals surface area contributed by atoms with Crippen LogP contribution in [0.1, 0.15) is 5.56 Å². The van der Waals surface area contributed by atoms with Crippen molar-refractivity contribution in [2.24, 2.45) is 0 Å². The third-order valence-electron chi connectivity index (χ3n) is 2.60. The first-order chi connectivity index (χ1) is 8.29. The van der Waals surface area contributed by atoms with Crippen molar-refractivity contribution >= 4 is 0 Å². The van der Waals surface area contributed by atoms with E-state index >= 15 is 0 Å². The summed E-state index contributed by atoms with van der Waals surface area (Å²) in [5.41, 5.74) is 3.63. The van der Waals surface area contributed by atoms with Gasteiger partial charge in [-0.1, -0.05) is 42.0 Å². The zero-order valence-electron chi connectivity index (χ0n) is 9.89. The first-order valence-corrected chi connectivity index (χ1v) is 5.70. The van der Waals surface area contributed by atoms with Gasteiger partial charge in [0.15, 0.2) is 0 Å². The predicted octanol–water partition coefficient (Wildman–Crippen LogP) is 3.03. The molecule has 0 aliphatic rings. The van der Waals surface area contributed by atoms with Crippen LogP contribution in [0.25, 0.3) is 11.1 Å². The predicted molar refractivity (Wildman–Crippen MR) is 69.2 cm³/mol. The number of aryl methyl sites for hydroxylation is 1. The van der Waals surface area contributed by atoms with Gasteiger partial charge in [0.25, 0.3) is 0 Å². The summed E-state index contributed by atoms with van der Waals surface area (Å²) in [7, 11) is 0. The van der Waals surface area contributed by atoms with Crippen LogP contribution in [0.2, 0.25) is 0 Å². The molecule has 0 aromatic heterocycles. The molecular formula is C15H16O2. The molecule has 2 nitrogen and oxygen atoms in total. The highest BCUT2D eigenvalue weighted by Crippen LogP contribution is 2.22. The highest BCUT2D eigenvalue weighted by atomic mass is 16.5. The maximum Gasteiger partial charge on any atom is 0.119 e. The fourth-order valence-electron chi connectivity index (χ4n) is 1.65. The Morgan fingerprint density at radius 2 is 1.41 bits per heavy atom. The maximum atomic E-state index is 8.66. The number of aliphatic hydroxyl groups is 1. The average molecular weight is 228 g/mol. The number of aliphatic hydroxyl groups excluding tert-OH is 1. The van der Waals surface area contributed by atoms with Crippen molar-refractivity contribution in [3.05, 3.63) is 54.1 Å². The van der Waals surface area contributed by atoms with Crippen molar-refractivity contribution in [1.29, 1.82) is 0 Å². The van der Waals surface area contributed by atoms with Gasteiger partial charge in [-0.25, -0.2) is 0 Å². The molecule has 0 bridgehead atoms. The standard InChI is InChI=1S/C15H16O2/c1-12-2-4-13(5-3-12)14-6-8-15(9-7-14)17-11-10-16/h2-9,16H,10-11H2,1H3. The lowest BCUT2D eigenvalue weighted by Gasteiger charge is -2.06. The monoisotopic (exact) mass is 228 g/mol. The quantitative estimate of drug-likeness (QED) is 0.871. The highest BCUT2D eigenvalue weighted by molar-refractivity contribution is 5.64. The summed E-state index contributed by atoms with van der Waals surface area (Å²) in [4.78, 5) is 0. The summed E-state index contributed by atoms with van der Waals surface area (Å²) in [6.45, 7) is 2.46. The molecule has 17 heavy (non-hydrogen) atoms. The van der Waals surface area contributed by atoms with Crippen molar-refractivity contribution in [2.45, 2.75) is 6.92 Å². The largest absolute Gasteiger partial charge is 0.491 e. The molecule has 2 aromatic rings. The normalized spacial score (nSPS) is 10.2. The number of rotatable bonds is 4. The van der Waals surface area contributed by atoms with Crippen LogP contribution in [0, 0.1) is 6.92 Å². The second-order valence-electron chi connectivity index (χ2n) is 3.96. The van der Waals surface area contributed by atoms with E-state index in [0.29, 0.717) is 6.61 Å². The van der Waals surface area contributed by atoms with E-state index in [1.807, 2.05) is 24.3 Å². The Kier molecular flexibility index (Phi) is 3.78. The van der Waals surface area contributed by atoms with Crippen LogP contribution in [-0.2, 0) is 0 Å². The Bertz CT molecular complexity index is 457. The number of hydrogen-bond acceptors (Lipinski definition) is 2. The van der Waals surface area contributed by atoms with Gasteiger partial charge in [-0.15, -0.1) is 0 Å². The molecule has 0 aliphatic heterocycles. The molecule has 0 unspecified atom stereocenters. The van der Waals surface area contributed by atoms with Crippen LogP contribution in [0.4, 0.5) is 0 Å². The fourth-order valence-corrected chi connectivity index (χ4v) is 1.65. The van der Waals surface area contributed by atoms with Crippen molar-refractivity contribution in [3.63, 3.8) is 0 Å². The summed E-state index contributed by atoms with van der Waals surface area (Å²) in [5, 5.41) is 8.66. The van der Waals surface area contributed by atoms with Gasteiger partial charge in [-0.05, 0) is 30.2 Å². The third kappa shape index (κ3) is 3.08. The zero-order chi connectivity index (χ0) is 12.1. The number of benzene rings is 2. The molecule has 0 saturated carbocycles. The topological polar surface area (TPSA) is 29.5 Å². The molecule has 0 saturated heterocycles. The smallest absolute Gasteiger partial charge is 0.119 e. The van der Waals surface area contributed by atoms with E-state index in [9.17, 15) is 0 Å². The Hall–Kier alpha value is -1.80. The molecule has 2 rings (SSSR count). The van der Waals surface area contributed by atoms with Crippen molar-refractivity contribution in [3.8, 4) is 16.9 Å². The van der Waals surface area contributed by atoms with E-state index < -0.39 is 0 Å². The van der Waals surface area contributed by atoms with Crippen LogP contribution in [-0.4, -0.2) is 18.3 Å². The minimum absolute atomic E-state index is 0.0414. The SMILES string of the molecule is Cc1ccc(-c2ccc(OCCO)cc2)cc1. The van der Waals surface area contributed by atoms with Gasteiger partial charge < -0.3 is 9.84 Å². The van der Waals surface area contributed by atoms with Crippen molar-refractivity contribution in [1.82, 2.24) is 0 Å². The number of ether oxygens (including phenoxy) is 1. The van der Waals surface area contributed by atoms with Crippen molar-refractivity contribution < 1.29 is 9.84 Å². The molecule has 2 heteroatoms. The third-order valence-corrected chi connectivity index (χ3v) is 2.60. The molecule has 0 radical (unpaired) electrons. The molecule has 2 aromatic carbocycles. The highest BCUT2D eigenvalue weighted by Gasteiger charge is 1.98. The molecule has 1 N–H and O–H groups in total. The van der Waals surface area contributed by atoms with Gasteiger partial charge >= 0.3 is 0 Å².